The number of benzene rings is 1. The second-order valence-electron chi connectivity index (χ2n) is 9.04. The Morgan fingerprint density at radius 3 is 2.38 bits per heavy atom. The van der Waals surface area contributed by atoms with Gasteiger partial charge >= 0.3 is 0 Å². The summed E-state index contributed by atoms with van der Waals surface area (Å²) in [6, 6.07) is 12.1. The first-order valence-electron chi connectivity index (χ1n) is 12.0. The standard InChI is InChI=1S/C27H25N5O4S3/c1-16-12-21(39(35,36)31-27-28-17(2)13-18(3)29-27)14-19-8-9-32(24(16)19)26(34)22(15-20-6-4-10-37-20)30-25(33)23-7-5-11-38-23/h4-7,10-15H,8-9H2,1-3H3,(H,30,33)(H,28,29,31)/b22-15+. The minimum Gasteiger partial charge on any atom is -0.317 e. The molecule has 9 nitrogen and oxygen atoms in total. The third-order valence-corrected chi connectivity index (χ3v) is 9.04. The third-order valence-electron chi connectivity index (χ3n) is 6.04. The molecule has 1 aliphatic rings. The second-order valence-corrected chi connectivity index (χ2v) is 12.6. The average molecular weight is 580 g/mol. The lowest BCUT2D eigenvalue weighted by Crippen LogP contribution is -2.37. The molecular weight excluding hydrogens is 555 g/mol. The van der Waals surface area contributed by atoms with Gasteiger partial charge in [0.25, 0.3) is 21.8 Å². The van der Waals surface area contributed by atoms with Gasteiger partial charge in [0, 0.05) is 22.8 Å². The number of hydrogen-bond acceptors (Lipinski definition) is 8. The van der Waals surface area contributed by atoms with Gasteiger partial charge in [0.2, 0.25) is 5.95 Å². The van der Waals surface area contributed by atoms with Crippen LogP contribution >= 0.6 is 22.7 Å². The van der Waals surface area contributed by atoms with Crippen molar-refractivity contribution in [3.8, 4) is 0 Å². The number of anilines is 2. The molecule has 0 unspecified atom stereocenters. The molecule has 0 saturated heterocycles. The van der Waals surface area contributed by atoms with E-state index in [1.165, 1.54) is 28.7 Å². The van der Waals surface area contributed by atoms with Gasteiger partial charge in [-0.15, -0.1) is 22.7 Å². The molecule has 0 bridgehead atoms. The fourth-order valence-electron chi connectivity index (χ4n) is 4.45. The summed E-state index contributed by atoms with van der Waals surface area (Å²) in [5, 5.41) is 6.48. The van der Waals surface area contributed by atoms with Crippen molar-refractivity contribution in [3.05, 3.63) is 91.2 Å². The highest BCUT2D eigenvalue weighted by molar-refractivity contribution is 7.92. The van der Waals surface area contributed by atoms with Crippen molar-refractivity contribution in [2.75, 3.05) is 16.2 Å². The van der Waals surface area contributed by atoms with Crippen LogP contribution in [0.15, 0.2) is 63.8 Å². The third kappa shape index (κ3) is 5.77. The Morgan fingerprint density at radius 1 is 1.00 bits per heavy atom. The quantitative estimate of drug-likeness (QED) is 0.307. The van der Waals surface area contributed by atoms with Crippen LogP contribution in [0.25, 0.3) is 6.08 Å². The number of nitrogens with zero attached hydrogens (tertiary/aromatic N) is 3. The minimum atomic E-state index is -3.96. The van der Waals surface area contributed by atoms with E-state index in [1.54, 1.807) is 61.4 Å². The number of thiophene rings is 2. The summed E-state index contributed by atoms with van der Waals surface area (Å²) in [5.74, 6) is -0.724. The molecule has 2 N–H and O–H groups in total. The maximum absolute atomic E-state index is 13.8. The van der Waals surface area contributed by atoms with Crippen LogP contribution < -0.4 is 14.9 Å². The molecule has 4 aromatic rings. The van der Waals surface area contributed by atoms with Crippen molar-refractivity contribution < 1.29 is 18.0 Å². The molecule has 1 aliphatic heterocycles. The number of carbonyl (C=O) groups is 2. The van der Waals surface area contributed by atoms with Crippen molar-refractivity contribution in [2.24, 2.45) is 0 Å². The van der Waals surface area contributed by atoms with Crippen LogP contribution in [0, 0.1) is 20.8 Å². The van der Waals surface area contributed by atoms with Gasteiger partial charge in [-0.3, -0.25) is 9.59 Å². The number of nitrogens with one attached hydrogen (secondary N) is 2. The SMILES string of the molecule is Cc1cc(C)nc(NS(=O)(=O)c2cc(C)c3c(c2)CCN3C(=O)/C(=C\c2cccs2)NC(=O)c2cccs2)n1. The number of rotatable bonds is 7. The number of fused-ring (bicyclic) bond motifs is 1. The van der Waals surface area contributed by atoms with Gasteiger partial charge in [0.1, 0.15) is 5.70 Å². The fourth-order valence-corrected chi connectivity index (χ4v) is 6.81. The highest BCUT2D eigenvalue weighted by Crippen LogP contribution is 2.35. The van der Waals surface area contributed by atoms with Gasteiger partial charge in [-0.25, -0.2) is 23.1 Å². The van der Waals surface area contributed by atoms with E-state index in [0.29, 0.717) is 40.5 Å². The van der Waals surface area contributed by atoms with E-state index in [9.17, 15) is 18.0 Å². The Hall–Kier alpha value is -3.87. The Bertz CT molecular complexity index is 1680. The molecule has 1 aromatic carbocycles. The summed E-state index contributed by atoms with van der Waals surface area (Å²) in [5.41, 5.74) is 3.44. The summed E-state index contributed by atoms with van der Waals surface area (Å²) in [7, 11) is -3.96. The zero-order chi connectivity index (χ0) is 27.7. The molecular formula is C27H25N5O4S3. The first-order chi connectivity index (χ1) is 18.6. The Kier molecular flexibility index (Phi) is 7.34. The molecule has 0 saturated carbocycles. The first kappa shape index (κ1) is 26.7. The molecule has 200 valence electrons. The summed E-state index contributed by atoms with van der Waals surface area (Å²) >= 11 is 2.74. The largest absolute Gasteiger partial charge is 0.317 e. The number of sulfonamides is 1. The van der Waals surface area contributed by atoms with Gasteiger partial charge in [-0.1, -0.05) is 12.1 Å². The lowest BCUT2D eigenvalue weighted by Gasteiger charge is -2.22. The molecule has 3 aromatic heterocycles. The van der Waals surface area contributed by atoms with E-state index < -0.39 is 10.0 Å². The summed E-state index contributed by atoms with van der Waals surface area (Å²) < 4.78 is 28.8. The van der Waals surface area contributed by atoms with Gasteiger partial charge < -0.3 is 10.2 Å². The minimum absolute atomic E-state index is 0.00675. The van der Waals surface area contributed by atoms with Crippen molar-refractivity contribution in [2.45, 2.75) is 32.1 Å². The number of hydrogen-bond donors (Lipinski definition) is 2. The molecule has 4 heterocycles. The Balaban J connectivity index is 1.45. The van der Waals surface area contributed by atoms with Gasteiger partial charge in [0.15, 0.2) is 0 Å². The van der Waals surface area contributed by atoms with Crippen molar-refractivity contribution in [1.29, 1.82) is 0 Å². The van der Waals surface area contributed by atoms with Crippen LogP contribution in [-0.4, -0.2) is 36.7 Å². The zero-order valence-electron chi connectivity index (χ0n) is 21.4. The molecule has 0 atom stereocenters. The van der Waals surface area contributed by atoms with E-state index in [1.807, 2.05) is 17.5 Å². The lowest BCUT2D eigenvalue weighted by molar-refractivity contribution is -0.115. The monoisotopic (exact) mass is 579 g/mol. The van der Waals surface area contributed by atoms with Crippen LogP contribution in [0.5, 0.6) is 0 Å². The molecule has 39 heavy (non-hydrogen) atoms. The molecule has 5 rings (SSSR count). The highest BCUT2D eigenvalue weighted by Gasteiger charge is 2.31. The maximum Gasteiger partial charge on any atom is 0.274 e. The number of aromatic nitrogens is 2. The van der Waals surface area contributed by atoms with E-state index in [-0.39, 0.29) is 28.4 Å². The molecule has 0 fully saturated rings. The summed E-state index contributed by atoms with van der Waals surface area (Å²) in [6.07, 6.45) is 2.13. The summed E-state index contributed by atoms with van der Waals surface area (Å²) in [4.78, 5) is 37.9. The molecule has 0 aliphatic carbocycles. The van der Waals surface area contributed by atoms with Gasteiger partial charge in [0.05, 0.1) is 15.5 Å². The van der Waals surface area contributed by atoms with Crippen LogP contribution in [-0.2, 0) is 21.2 Å². The van der Waals surface area contributed by atoms with Crippen molar-refractivity contribution in [3.63, 3.8) is 0 Å². The number of aryl methyl sites for hydroxylation is 3. The Labute approximate surface area is 234 Å². The normalized spacial score (nSPS) is 13.3. The van der Waals surface area contributed by atoms with Gasteiger partial charge in [-0.05, 0) is 85.5 Å². The van der Waals surface area contributed by atoms with E-state index in [0.717, 1.165) is 10.4 Å². The van der Waals surface area contributed by atoms with Crippen LogP contribution in [0.3, 0.4) is 0 Å². The average Bonchev–Trinajstić information content (AvgIpc) is 3.64. The fraction of sp³-hybridized carbons (Fsp3) is 0.185. The zero-order valence-corrected chi connectivity index (χ0v) is 23.8. The molecule has 2 amide bonds. The molecule has 0 spiro atoms. The van der Waals surface area contributed by atoms with E-state index in [4.69, 9.17) is 0 Å². The maximum atomic E-state index is 13.8. The van der Waals surface area contributed by atoms with E-state index >= 15 is 0 Å². The van der Waals surface area contributed by atoms with Crippen molar-refractivity contribution >= 4 is 62.2 Å². The van der Waals surface area contributed by atoms with Crippen molar-refractivity contribution in [1.82, 2.24) is 15.3 Å². The topological polar surface area (TPSA) is 121 Å². The predicted molar refractivity (Wildman–Crippen MR) is 154 cm³/mol. The highest BCUT2D eigenvalue weighted by atomic mass is 32.2. The number of amides is 2. The number of carbonyl (C=O) groups excluding carboxylic acids is 2. The predicted octanol–water partition coefficient (Wildman–Crippen LogP) is 4.69. The van der Waals surface area contributed by atoms with Gasteiger partial charge in [-0.2, -0.15) is 0 Å². The summed E-state index contributed by atoms with van der Waals surface area (Å²) in [6.45, 7) is 5.65. The smallest absolute Gasteiger partial charge is 0.274 e. The van der Waals surface area contributed by atoms with E-state index in [2.05, 4.69) is 20.0 Å². The molecule has 12 heteroatoms. The molecule has 0 radical (unpaired) electrons. The second kappa shape index (κ2) is 10.7. The van der Waals surface area contributed by atoms with Crippen LogP contribution in [0.4, 0.5) is 11.6 Å². The van der Waals surface area contributed by atoms with Crippen LogP contribution in [0.2, 0.25) is 0 Å². The Morgan fingerprint density at radius 2 is 1.72 bits per heavy atom. The first-order valence-corrected chi connectivity index (χ1v) is 15.3. The lowest BCUT2D eigenvalue weighted by atomic mass is 10.1. The van der Waals surface area contributed by atoms with Crippen LogP contribution in [0.1, 0.15) is 37.1 Å².